The van der Waals surface area contributed by atoms with Gasteiger partial charge in [-0.15, -0.1) is 0 Å². The number of aromatic nitrogens is 1. The summed E-state index contributed by atoms with van der Waals surface area (Å²) in [6.45, 7) is 4.30. The molecule has 4 heteroatoms. The molecule has 0 radical (unpaired) electrons. The smallest absolute Gasteiger partial charge is 0.123 e. The van der Waals surface area contributed by atoms with E-state index in [0.717, 1.165) is 35.8 Å². The van der Waals surface area contributed by atoms with Gasteiger partial charge < -0.3 is 15.0 Å². The Bertz CT molecular complexity index is 782. The molecule has 2 aromatic carbocycles. The maximum atomic E-state index is 6.09. The Kier molecular flexibility index (Phi) is 5.21. The van der Waals surface area contributed by atoms with Gasteiger partial charge in [-0.2, -0.15) is 0 Å². The zero-order valence-electron chi connectivity index (χ0n) is 13.2. The molecule has 120 valence electrons. The third-order valence-corrected chi connectivity index (χ3v) is 4.12. The zero-order valence-corrected chi connectivity index (χ0v) is 14.0. The quantitative estimate of drug-likeness (QED) is 0.624. The maximum Gasteiger partial charge on any atom is 0.123 e. The Labute approximate surface area is 141 Å². The van der Waals surface area contributed by atoms with E-state index in [1.807, 2.05) is 25.1 Å². The van der Waals surface area contributed by atoms with E-state index in [2.05, 4.69) is 40.8 Å². The van der Waals surface area contributed by atoms with Crippen molar-refractivity contribution in [1.29, 1.82) is 0 Å². The molecule has 0 unspecified atom stereocenters. The maximum absolute atomic E-state index is 6.09. The summed E-state index contributed by atoms with van der Waals surface area (Å²) in [5.74, 6) is 0.900. The van der Waals surface area contributed by atoms with E-state index in [0.29, 0.717) is 6.61 Å². The lowest BCUT2D eigenvalue weighted by Gasteiger charge is -2.11. The molecule has 3 aromatic rings. The van der Waals surface area contributed by atoms with Crippen molar-refractivity contribution in [2.24, 2.45) is 0 Å². The number of ether oxygens (including phenoxy) is 1. The molecule has 0 aliphatic heterocycles. The normalized spacial score (nSPS) is 11.0. The van der Waals surface area contributed by atoms with E-state index in [1.165, 1.54) is 16.5 Å². The molecule has 0 aliphatic carbocycles. The topological polar surface area (TPSA) is 37.0 Å². The van der Waals surface area contributed by atoms with Gasteiger partial charge in [-0.25, -0.2) is 0 Å². The van der Waals surface area contributed by atoms with Gasteiger partial charge in [0.2, 0.25) is 0 Å². The summed E-state index contributed by atoms with van der Waals surface area (Å²) in [6.07, 6.45) is 3.08. The second-order valence-electron chi connectivity index (χ2n) is 5.47. The predicted octanol–water partition coefficient (Wildman–Crippen LogP) is 4.55. The minimum Gasteiger partial charge on any atom is -0.494 e. The Morgan fingerprint density at radius 1 is 1.13 bits per heavy atom. The number of para-hydroxylation sites is 1. The van der Waals surface area contributed by atoms with Crippen LogP contribution in [-0.2, 0) is 13.0 Å². The van der Waals surface area contributed by atoms with E-state index >= 15 is 0 Å². The summed E-state index contributed by atoms with van der Waals surface area (Å²) in [4.78, 5) is 3.31. The van der Waals surface area contributed by atoms with E-state index in [9.17, 15) is 0 Å². The summed E-state index contributed by atoms with van der Waals surface area (Å²) in [5, 5.41) is 5.51. The van der Waals surface area contributed by atoms with Crippen LogP contribution < -0.4 is 10.1 Å². The van der Waals surface area contributed by atoms with Gasteiger partial charge in [0.05, 0.1) is 6.61 Å². The molecule has 0 bridgehead atoms. The Balaban J connectivity index is 1.58. The van der Waals surface area contributed by atoms with Crippen LogP contribution in [0, 0.1) is 0 Å². The highest BCUT2D eigenvalue weighted by Gasteiger charge is 2.05. The molecule has 1 aromatic heterocycles. The molecular formula is C19H21ClN2O. The highest BCUT2D eigenvalue weighted by molar-refractivity contribution is 6.30. The van der Waals surface area contributed by atoms with Crippen molar-refractivity contribution in [1.82, 2.24) is 10.3 Å². The number of rotatable bonds is 7. The highest BCUT2D eigenvalue weighted by atomic mass is 35.5. The molecule has 0 spiro atoms. The molecule has 0 atom stereocenters. The number of nitrogens with one attached hydrogen (secondary N) is 2. The van der Waals surface area contributed by atoms with E-state index in [4.69, 9.17) is 16.3 Å². The van der Waals surface area contributed by atoms with Crippen molar-refractivity contribution in [3.05, 3.63) is 64.8 Å². The van der Waals surface area contributed by atoms with Gasteiger partial charge in [-0.3, -0.25) is 0 Å². The fraction of sp³-hybridized carbons (Fsp3) is 0.263. The number of benzene rings is 2. The molecule has 1 heterocycles. The lowest BCUT2D eigenvalue weighted by atomic mass is 10.1. The first kappa shape index (κ1) is 15.9. The van der Waals surface area contributed by atoms with Crippen LogP contribution in [0.15, 0.2) is 48.7 Å². The SMILES string of the molecule is CCOc1ccc(Cl)cc1CNCCc1c[nH]c2ccccc12. The fourth-order valence-electron chi connectivity index (χ4n) is 2.77. The van der Waals surface area contributed by atoms with Crippen molar-refractivity contribution in [3.63, 3.8) is 0 Å². The molecular weight excluding hydrogens is 308 g/mol. The van der Waals surface area contributed by atoms with Gasteiger partial charge in [0.15, 0.2) is 0 Å². The largest absolute Gasteiger partial charge is 0.494 e. The number of fused-ring (bicyclic) bond motifs is 1. The summed E-state index contributed by atoms with van der Waals surface area (Å²) in [6, 6.07) is 14.1. The van der Waals surface area contributed by atoms with Crippen LogP contribution >= 0.6 is 11.6 Å². The predicted molar refractivity (Wildman–Crippen MR) is 96.3 cm³/mol. The molecule has 0 amide bonds. The fourth-order valence-corrected chi connectivity index (χ4v) is 2.96. The average molecular weight is 329 g/mol. The minimum atomic E-state index is 0.657. The number of halogens is 1. The summed E-state index contributed by atoms with van der Waals surface area (Å²) in [5.41, 5.74) is 3.62. The van der Waals surface area contributed by atoms with Crippen LogP contribution in [0.5, 0.6) is 5.75 Å². The van der Waals surface area contributed by atoms with Crippen molar-refractivity contribution < 1.29 is 4.74 Å². The van der Waals surface area contributed by atoms with Crippen LogP contribution in [0.2, 0.25) is 5.02 Å². The average Bonchev–Trinajstić information content (AvgIpc) is 2.97. The highest BCUT2D eigenvalue weighted by Crippen LogP contribution is 2.23. The van der Waals surface area contributed by atoms with Crippen LogP contribution in [0.4, 0.5) is 0 Å². The van der Waals surface area contributed by atoms with Crippen molar-refractivity contribution in [3.8, 4) is 5.75 Å². The Hall–Kier alpha value is -1.97. The number of hydrogen-bond acceptors (Lipinski definition) is 2. The molecule has 0 saturated heterocycles. The lowest BCUT2D eigenvalue weighted by Crippen LogP contribution is -2.17. The van der Waals surface area contributed by atoms with E-state index in [1.54, 1.807) is 0 Å². The van der Waals surface area contributed by atoms with Gasteiger partial charge in [0.25, 0.3) is 0 Å². The van der Waals surface area contributed by atoms with Crippen molar-refractivity contribution in [2.75, 3.05) is 13.2 Å². The van der Waals surface area contributed by atoms with Crippen LogP contribution in [0.3, 0.4) is 0 Å². The zero-order chi connectivity index (χ0) is 16.1. The summed E-state index contributed by atoms with van der Waals surface area (Å²) in [7, 11) is 0. The minimum absolute atomic E-state index is 0.657. The summed E-state index contributed by atoms with van der Waals surface area (Å²) >= 11 is 6.09. The second-order valence-corrected chi connectivity index (χ2v) is 5.91. The van der Waals surface area contributed by atoms with Crippen LogP contribution in [-0.4, -0.2) is 18.1 Å². The first-order valence-corrected chi connectivity index (χ1v) is 8.32. The van der Waals surface area contributed by atoms with Gasteiger partial charge in [0, 0.05) is 34.2 Å². The molecule has 23 heavy (non-hydrogen) atoms. The third-order valence-electron chi connectivity index (χ3n) is 3.88. The van der Waals surface area contributed by atoms with E-state index in [-0.39, 0.29) is 0 Å². The summed E-state index contributed by atoms with van der Waals surface area (Å²) < 4.78 is 5.65. The Morgan fingerprint density at radius 2 is 2.00 bits per heavy atom. The molecule has 3 nitrogen and oxygen atoms in total. The van der Waals surface area contributed by atoms with Gasteiger partial charge in [-0.05, 0) is 49.7 Å². The number of aromatic amines is 1. The van der Waals surface area contributed by atoms with Gasteiger partial charge >= 0.3 is 0 Å². The Morgan fingerprint density at radius 3 is 2.87 bits per heavy atom. The first-order chi connectivity index (χ1) is 11.3. The lowest BCUT2D eigenvalue weighted by molar-refractivity contribution is 0.335. The third kappa shape index (κ3) is 3.87. The van der Waals surface area contributed by atoms with Crippen molar-refractivity contribution >= 4 is 22.5 Å². The molecule has 0 aliphatic rings. The van der Waals surface area contributed by atoms with Gasteiger partial charge in [-0.1, -0.05) is 29.8 Å². The molecule has 2 N–H and O–H groups in total. The van der Waals surface area contributed by atoms with Gasteiger partial charge in [0.1, 0.15) is 5.75 Å². The van der Waals surface area contributed by atoms with Crippen LogP contribution in [0.1, 0.15) is 18.1 Å². The second kappa shape index (κ2) is 7.53. The molecule has 0 saturated carbocycles. The number of H-pyrrole nitrogens is 1. The first-order valence-electron chi connectivity index (χ1n) is 7.95. The van der Waals surface area contributed by atoms with E-state index < -0.39 is 0 Å². The standard InChI is InChI=1S/C19H21ClN2O/c1-2-23-19-8-7-16(20)11-15(19)12-21-10-9-14-13-22-18-6-4-3-5-17(14)18/h3-8,11,13,21-22H,2,9-10,12H2,1H3. The molecule has 0 fully saturated rings. The van der Waals surface area contributed by atoms with Crippen LogP contribution in [0.25, 0.3) is 10.9 Å². The molecule has 3 rings (SSSR count). The monoisotopic (exact) mass is 328 g/mol. The van der Waals surface area contributed by atoms with Crippen molar-refractivity contribution in [2.45, 2.75) is 19.9 Å². The number of hydrogen-bond donors (Lipinski definition) is 2.